The number of nitrogens with one attached hydrogen (secondary N) is 2. The summed E-state index contributed by atoms with van der Waals surface area (Å²) in [4.78, 5) is 35.4. The van der Waals surface area contributed by atoms with Crippen molar-refractivity contribution >= 4 is 18.0 Å². The molecule has 0 heterocycles. The molecule has 0 aromatic heterocycles. The number of carboxylic acids is 1. The molecule has 0 aliphatic heterocycles. The lowest BCUT2D eigenvalue weighted by molar-refractivity contribution is -0.138. The van der Waals surface area contributed by atoms with Crippen LogP contribution in [-0.2, 0) is 14.3 Å². The summed E-state index contributed by atoms with van der Waals surface area (Å²) < 4.78 is 5.47. The minimum atomic E-state index is -0.929. The maximum atomic E-state index is 12.3. The molecule has 2 aromatic carbocycles. The predicted molar refractivity (Wildman–Crippen MR) is 119 cm³/mol. The van der Waals surface area contributed by atoms with E-state index in [9.17, 15) is 14.4 Å². The maximum Gasteiger partial charge on any atom is 0.407 e. The number of carboxylic acid groups (broad SMARTS) is 1. The van der Waals surface area contributed by atoms with Gasteiger partial charge in [0.2, 0.25) is 5.91 Å². The summed E-state index contributed by atoms with van der Waals surface area (Å²) in [5.41, 5.74) is 4.41. The molecule has 0 saturated heterocycles. The molecule has 2 aliphatic carbocycles. The quantitative estimate of drug-likeness (QED) is 0.551. The van der Waals surface area contributed by atoms with Crippen molar-refractivity contribution < 1.29 is 24.2 Å². The second-order valence-corrected chi connectivity index (χ2v) is 8.40. The van der Waals surface area contributed by atoms with Gasteiger partial charge in [0, 0.05) is 18.0 Å². The van der Waals surface area contributed by atoms with Crippen LogP contribution in [-0.4, -0.2) is 41.8 Å². The van der Waals surface area contributed by atoms with Gasteiger partial charge in [0.05, 0.1) is 12.0 Å². The first-order valence-electron chi connectivity index (χ1n) is 10.7. The number of amides is 2. The monoisotopic (exact) mass is 434 g/mol. The third-order valence-electron chi connectivity index (χ3n) is 6.08. The molecule has 4 rings (SSSR count). The molecule has 32 heavy (non-hydrogen) atoms. The molecule has 0 radical (unpaired) electrons. The number of rotatable bonds is 8. The molecule has 0 bridgehead atoms. The first-order valence-corrected chi connectivity index (χ1v) is 10.7. The lowest BCUT2D eigenvalue weighted by Gasteiger charge is -2.15. The van der Waals surface area contributed by atoms with Crippen molar-refractivity contribution in [3.05, 3.63) is 71.3 Å². The minimum absolute atomic E-state index is 0.0137. The maximum absolute atomic E-state index is 12.3. The molecule has 166 valence electrons. The SMILES string of the molecule is C/C(=C\CNC(=O)OCC1c2ccccc2-c2ccccc21)C(=O)NC1(CC(=O)O)CC1. The molecule has 2 aromatic rings. The van der Waals surface area contributed by atoms with Gasteiger partial charge in [-0.25, -0.2) is 4.79 Å². The van der Waals surface area contributed by atoms with E-state index in [1.807, 2.05) is 24.3 Å². The number of alkyl carbamates (subject to hydrolysis) is 1. The number of carbonyl (C=O) groups is 3. The second kappa shape index (κ2) is 8.86. The van der Waals surface area contributed by atoms with Gasteiger partial charge in [0.25, 0.3) is 0 Å². The van der Waals surface area contributed by atoms with Crippen LogP contribution in [0.15, 0.2) is 60.2 Å². The Morgan fingerprint density at radius 3 is 2.22 bits per heavy atom. The second-order valence-electron chi connectivity index (χ2n) is 8.40. The fourth-order valence-electron chi connectivity index (χ4n) is 4.16. The summed E-state index contributed by atoms with van der Waals surface area (Å²) in [5, 5.41) is 14.4. The van der Waals surface area contributed by atoms with E-state index in [-0.39, 0.29) is 31.4 Å². The number of carbonyl (C=O) groups excluding carboxylic acids is 2. The largest absolute Gasteiger partial charge is 0.481 e. The van der Waals surface area contributed by atoms with Gasteiger partial charge >= 0.3 is 12.1 Å². The van der Waals surface area contributed by atoms with Gasteiger partial charge in [-0.2, -0.15) is 0 Å². The Hall–Kier alpha value is -3.61. The average Bonchev–Trinajstić information content (AvgIpc) is 3.43. The molecule has 1 fully saturated rings. The lowest BCUT2D eigenvalue weighted by atomic mass is 9.98. The predicted octanol–water partition coefficient (Wildman–Crippen LogP) is 3.59. The fraction of sp³-hybridized carbons (Fsp3) is 0.320. The molecule has 7 heteroatoms. The van der Waals surface area contributed by atoms with Crippen molar-refractivity contribution in [1.82, 2.24) is 10.6 Å². The molecule has 0 spiro atoms. The Morgan fingerprint density at radius 1 is 1.06 bits per heavy atom. The zero-order valence-electron chi connectivity index (χ0n) is 17.9. The van der Waals surface area contributed by atoms with Crippen LogP contribution in [0.3, 0.4) is 0 Å². The molecular weight excluding hydrogens is 408 g/mol. The summed E-state index contributed by atoms with van der Waals surface area (Å²) in [5.74, 6) is -1.26. The van der Waals surface area contributed by atoms with E-state index in [1.165, 1.54) is 0 Å². The fourth-order valence-corrected chi connectivity index (χ4v) is 4.16. The Balaban J connectivity index is 1.28. The van der Waals surface area contributed by atoms with Gasteiger partial charge in [-0.15, -0.1) is 0 Å². The standard InChI is InChI=1S/C25H26N2O5/c1-16(23(30)27-25(11-12-25)14-22(28)29)10-13-26-24(31)32-15-21-19-8-4-2-6-17(19)18-7-3-5-9-20(18)21/h2-10,21H,11-15H2,1H3,(H,26,31)(H,27,30)(H,28,29)/b16-10+. The Kier molecular flexibility index (Phi) is 5.99. The van der Waals surface area contributed by atoms with Gasteiger partial charge in [0.1, 0.15) is 6.61 Å². The van der Waals surface area contributed by atoms with E-state index in [4.69, 9.17) is 9.84 Å². The zero-order chi connectivity index (χ0) is 22.7. The highest BCUT2D eigenvalue weighted by molar-refractivity contribution is 5.94. The Bertz CT molecular complexity index is 1040. The van der Waals surface area contributed by atoms with Crippen molar-refractivity contribution in [1.29, 1.82) is 0 Å². The summed E-state index contributed by atoms with van der Waals surface area (Å²) in [6, 6.07) is 16.2. The van der Waals surface area contributed by atoms with E-state index < -0.39 is 17.6 Å². The summed E-state index contributed by atoms with van der Waals surface area (Å²) >= 11 is 0. The number of ether oxygens (including phenoxy) is 1. The highest BCUT2D eigenvalue weighted by Crippen LogP contribution is 2.44. The molecular formula is C25H26N2O5. The third kappa shape index (κ3) is 4.66. The van der Waals surface area contributed by atoms with Crippen molar-refractivity contribution in [3.63, 3.8) is 0 Å². The van der Waals surface area contributed by atoms with Crippen LogP contribution in [0.4, 0.5) is 4.79 Å². The summed E-state index contributed by atoms with van der Waals surface area (Å²) in [7, 11) is 0. The van der Waals surface area contributed by atoms with Crippen molar-refractivity contribution in [2.24, 2.45) is 0 Å². The summed E-state index contributed by atoms with van der Waals surface area (Å²) in [6.45, 7) is 1.99. The average molecular weight is 434 g/mol. The molecule has 7 nitrogen and oxygen atoms in total. The van der Waals surface area contributed by atoms with Crippen LogP contribution in [0.2, 0.25) is 0 Å². The number of benzene rings is 2. The topological polar surface area (TPSA) is 105 Å². The molecule has 1 saturated carbocycles. The van der Waals surface area contributed by atoms with Crippen molar-refractivity contribution in [2.75, 3.05) is 13.2 Å². The van der Waals surface area contributed by atoms with Gasteiger partial charge in [0.15, 0.2) is 0 Å². The van der Waals surface area contributed by atoms with Crippen molar-refractivity contribution in [2.45, 2.75) is 37.6 Å². The highest BCUT2D eigenvalue weighted by atomic mass is 16.5. The molecule has 3 N–H and O–H groups in total. The van der Waals surface area contributed by atoms with Gasteiger partial charge in [-0.1, -0.05) is 54.6 Å². The molecule has 0 unspecified atom stereocenters. The number of aliphatic carboxylic acids is 1. The lowest BCUT2D eigenvalue weighted by Crippen LogP contribution is -2.39. The molecule has 2 amide bonds. The van der Waals surface area contributed by atoms with E-state index in [0.29, 0.717) is 18.4 Å². The van der Waals surface area contributed by atoms with Crippen LogP contribution < -0.4 is 10.6 Å². The first-order chi connectivity index (χ1) is 15.4. The van der Waals surface area contributed by atoms with Gasteiger partial charge in [-0.05, 0) is 42.0 Å². The van der Waals surface area contributed by atoms with E-state index in [0.717, 1.165) is 22.3 Å². The molecule has 0 atom stereocenters. The normalized spacial score (nSPS) is 16.0. The van der Waals surface area contributed by atoms with E-state index in [2.05, 4.69) is 34.9 Å². The number of hydrogen-bond acceptors (Lipinski definition) is 4. The van der Waals surface area contributed by atoms with Crippen LogP contribution in [0.25, 0.3) is 11.1 Å². The Labute approximate surface area is 186 Å². The van der Waals surface area contributed by atoms with E-state index >= 15 is 0 Å². The summed E-state index contributed by atoms with van der Waals surface area (Å²) in [6.07, 6.45) is 2.28. The van der Waals surface area contributed by atoms with E-state index in [1.54, 1.807) is 13.0 Å². The third-order valence-corrected chi connectivity index (χ3v) is 6.08. The van der Waals surface area contributed by atoms with Crippen LogP contribution in [0.1, 0.15) is 43.2 Å². The van der Waals surface area contributed by atoms with Gasteiger partial charge < -0.3 is 20.5 Å². The first kappa shape index (κ1) is 21.6. The molecule has 2 aliphatic rings. The highest BCUT2D eigenvalue weighted by Gasteiger charge is 2.45. The van der Waals surface area contributed by atoms with Gasteiger partial charge in [-0.3, -0.25) is 9.59 Å². The number of hydrogen-bond donors (Lipinski definition) is 3. The van der Waals surface area contributed by atoms with Crippen LogP contribution in [0.5, 0.6) is 0 Å². The minimum Gasteiger partial charge on any atom is -0.481 e. The number of fused-ring (bicyclic) bond motifs is 3. The van der Waals surface area contributed by atoms with Crippen LogP contribution in [0, 0.1) is 0 Å². The van der Waals surface area contributed by atoms with Crippen LogP contribution >= 0.6 is 0 Å². The zero-order valence-corrected chi connectivity index (χ0v) is 17.9. The smallest absolute Gasteiger partial charge is 0.407 e. The van der Waals surface area contributed by atoms with Crippen molar-refractivity contribution in [3.8, 4) is 11.1 Å². The Morgan fingerprint density at radius 2 is 1.66 bits per heavy atom.